The Morgan fingerprint density at radius 3 is 2.65 bits per heavy atom. The molecule has 108 valence electrons. The van der Waals surface area contributed by atoms with Crippen LogP contribution in [0.15, 0.2) is 18.2 Å². The highest BCUT2D eigenvalue weighted by Crippen LogP contribution is 2.30. The van der Waals surface area contributed by atoms with Crippen molar-refractivity contribution in [1.29, 1.82) is 0 Å². The molecular weight excluding hydrogens is 258 g/mol. The molecule has 0 radical (unpaired) electrons. The van der Waals surface area contributed by atoms with Crippen LogP contribution in [0.5, 0.6) is 0 Å². The average Bonchev–Trinajstić information content (AvgIpc) is 2.35. The minimum absolute atomic E-state index is 0.0783. The molecule has 1 aliphatic rings. The number of rotatable bonds is 5. The number of nitro benzene ring substituents is 1. The molecule has 1 aromatic rings. The van der Waals surface area contributed by atoms with Crippen LogP contribution in [-0.4, -0.2) is 23.9 Å². The fraction of sp³-hybridized carbons (Fsp3) is 0.500. The molecule has 2 N–H and O–H groups in total. The minimum atomic E-state index is -0.494. The Labute approximate surface area is 117 Å². The van der Waals surface area contributed by atoms with Gasteiger partial charge in [0.2, 0.25) is 0 Å². The topological polar surface area (TPSA) is 84.3 Å². The third-order valence-electron chi connectivity index (χ3n) is 3.94. The van der Waals surface area contributed by atoms with Gasteiger partial charge in [0.25, 0.3) is 11.6 Å². The first-order valence-corrected chi connectivity index (χ1v) is 6.80. The van der Waals surface area contributed by atoms with Gasteiger partial charge in [0.1, 0.15) is 0 Å². The minimum Gasteiger partial charge on any atom is -0.387 e. The van der Waals surface area contributed by atoms with Gasteiger partial charge in [0.05, 0.1) is 10.5 Å². The number of benzene rings is 1. The Morgan fingerprint density at radius 1 is 1.45 bits per heavy atom. The smallest absolute Gasteiger partial charge is 0.270 e. The van der Waals surface area contributed by atoms with Crippen LogP contribution in [0.25, 0.3) is 0 Å². The lowest BCUT2D eigenvalue weighted by molar-refractivity contribution is -0.384. The second-order valence-electron chi connectivity index (χ2n) is 5.19. The molecule has 0 spiro atoms. The molecule has 0 aromatic heterocycles. The fourth-order valence-corrected chi connectivity index (χ4v) is 2.39. The number of hydrogen-bond acceptors (Lipinski definition) is 4. The Morgan fingerprint density at radius 2 is 2.15 bits per heavy atom. The lowest BCUT2D eigenvalue weighted by atomic mass is 9.80. The van der Waals surface area contributed by atoms with Gasteiger partial charge in [0, 0.05) is 30.9 Å². The van der Waals surface area contributed by atoms with Crippen LogP contribution in [-0.2, 0) is 0 Å². The predicted molar refractivity (Wildman–Crippen MR) is 76.9 cm³/mol. The molecule has 1 fully saturated rings. The van der Waals surface area contributed by atoms with Gasteiger partial charge in [-0.25, -0.2) is 0 Å². The van der Waals surface area contributed by atoms with E-state index in [2.05, 4.69) is 10.6 Å². The van der Waals surface area contributed by atoms with Crippen LogP contribution in [0.3, 0.4) is 0 Å². The summed E-state index contributed by atoms with van der Waals surface area (Å²) in [6, 6.07) is 4.36. The lowest BCUT2D eigenvalue weighted by Crippen LogP contribution is -2.40. The molecule has 0 bridgehead atoms. The summed E-state index contributed by atoms with van der Waals surface area (Å²) in [7, 11) is 1.69. The quantitative estimate of drug-likeness (QED) is 0.640. The van der Waals surface area contributed by atoms with Crippen molar-refractivity contribution in [1.82, 2.24) is 5.32 Å². The normalized spacial score (nSPS) is 16.1. The van der Waals surface area contributed by atoms with Crippen molar-refractivity contribution in [2.24, 2.45) is 5.92 Å². The number of hydrogen-bond donors (Lipinski definition) is 2. The van der Waals surface area contributed by atoms with Crippen molar-refractivity contribution in [3.8, 4) is 0 Å². The Hall–Kier alpha value is -2.11. The maximum Gasteiger partial charge on any atom is 0.270 e. The molecule has 1 amide bonds. The van der Waals surface area contributed by atoms with E-state index in [1.807, 2.05) is 6.92 Å². The second kappa shape index (κ2) is 5.90. The van der Waals surface area contributed by atoms with Crippen LogP contribution in [0.4, 0.5) is 11.4 Å². The number of non-ortho nitro benzene ring substituents is 1. The third-order valence-corrected chi connectivity index (χ3v) is 3.94. The number of nitrogens with one attached hydrogen (secondary N) is 2. The maximum atomic E-state index is 12.3. The van der Waals surface area contributed by atoms with Gasteiger partial charge < -0.3 is 10.6 Å². The number of amides is 1. The Balaban J connectivity index is 2.18. The summed E-state index contributed by atoms with van der Waals surface area (Å²) < 4.78 is 0. The van der Waals surface area contributed by atoms with Gasteiger partial charge >= 0.3 is 0 Å². The Bertz CT molecular complexity index is 526. The van der Waals surface area contributed by atoms with Gasteiger partial charge in [-0.2, -0.15) is 0 Å². The van der Waals surface area contributed by atoms with Crippen LogP contribution in [0, 0.1) is 16.0 Å². The first kappa shape index (κ1) is 14.3. The Kier molecular flexibility index (Phi) is 4.22. The van der Waals surface area contributed by atoms with Crippen LogP contribution < -0.4 is 10.6 Å². The van der Waals surface area contributed by atoms with Gasteiger partial charge in [-0.1, -0.05) is 6.42 Å². The summed E-state index contributed by atoms with van der Waals surface area (Å²) in [5, 5.41) is 16.6. The van der Waals surface area contributed by atoms with Gasteiger partial charge in [-0.15, -0.1) is 0 Å². The number of nitrogens with zero attached hydrogens (tertiary/aromatic N) is 1. The van der Waals surface area contributed by atoms with E-state index in [-0.39, 0.29) is 17.6 Å². The van der Waals surface area contributed by atoms with Gasteiger partial charge in [-0.05, 0) is 31.7 Å². The zero-order valence-corrected chi connectivity index (χ0v) is 11.7. The van der Waals surface area contributed by atoms with E-state index in [0.29, 0.717) is 17.2 Å². The molecular formula is C14H19N3O3. The van der Waals surface area contributed by atoms with Crippen LogP contribution in [0.1, 0.15) is 36.5 Å². The van der Waals surface area contributed by atoms with Crippen molar-refractivity contribution < 1.29 is 9.72 Å². The summed E-state index contributed by atoms with van der Waals surface area (Å²) in [4.78, 5) is 22.6. The van der Waals surface area contributed by atoms with Crippen molar-refractivity contribution in [2.45, 2.75) is 32.2 Å². The monoisotopic (exact) mass is 277 g/mol. The first-order valence-electron chi connectivity index (χ1n) is 6.80. The fourth-order valence-electron chi connectivity index (χ4n) is 2.39. The summed E-state index contributed by atoms with van der Waals surface area (Å²) in [5.41, 5.74) is 0.826. The molecule has 6 heteroatoms. The zero-order valence-electron chi connectivity index (χ0n) is 11.7. The third kappa shape index (κ3) is 2.89. The van der Waals surface area contributed by atoms with E-state index in [1.54, 1.807) is 13.1 Å². The highest BCUT2D eigenvalue weighted by atomic mass is 16.6. The predicted octanol–water partition coefficient (Wildman–Crippen LogP) is 2.55. The molecule has 0 heterocycles. The largest absolute Gasteiger partial charge is 0.387 e. The van der Waals surface area contributed by atoms with E-state index in [4.69, 9.17) is 0 Å². The van der Waals surface area contributed by atoms with E-state index in [0.717, 1.165) is 12.8 Å². The molecule has 0 saturated heterocycles. The maximum absolute atomic E-state index is 12.3. The zero-order chi connectivity index (χ0) is 14.7. The molecule has 1 aliphatic carbocycles. The van der Waals surface area contributed by atoms with Gasteiger partial charge in [0.15, 0.2) is 0 Å². The van der Waals surface area contributed by atoms with E-state index in [9.17, 15) is 14.9 Å². The van der Waals surface area contributed by atoms with Crippen molar-refractivity contribution in [3.63, 3.8) is 0 Å². The molecule has 6 nitrogen and oxygen atoms in total. The standard InChI is InChI=1S/C14H19N3O3/c1-9(10-4-3-5-10)16-14(18)12-8-11(17(19)20)6-7-13(12)15-2/h6-10,15H,3-5H2,1-2H3,(H,16,18). The summed E-state index contributed by atoms with van der Waals surface area (Å²) in [5.74, 6) is 0.258. The molecule has 1 aromatic carbocycles. The number of anilines is 1. The molecule has 0 aliphatic heterocycles. The molecule has 1 unspecified atom stereocenters. The summed E-state index contributed by atoms with van der Waals surface area (Å²) in [6.07, 6.45) is 3.48. The van der Waals surface area contributed by atoms with Gasteiger partial charge in [-0.3, -0.25) is 14.9 Å². The number of nitro groups is 1. The highest BCUT2D eigenvalue weighted by molar-refractivity contribution is 6.00. The van der Waals surface area contributed by atoms with E-state index in [1.165, 1.54) is 18.6 Å². The number of carbonyl (C=O) groups excluding carboxylic acids is 1. The highest BCUT2D eigenvalue weighted by Gasteiger charge is 2.26. The SMILES string of the molecule is CNc1ccc([N+](=O)[O-])cc1C(=O)NC(C)C1CCC1. The van der Waals surface area contributed by atoms with Crippen LogP contribution >= 0.6 is 0 Å². The molecule has 1 atom stereocenters. The van der Waals surface area contributed by atoms with E-state index >= 15 is 0 Å². The summed E-state index contributed by atoms with van der Waals surface area (Å²) in [6.45, 7) is 1.98. The van der Waals surface area contributed by atoms with Crippen molar-refractivity contribution >= 4 is 17.3 Å². The molecule has 20 heavy (non-hydrogen) atoms. The first-order chi connectivity index (χ1) is 9.52. The molecule has 1 saturated carbocycles. The molecule has 2 rings (SSSR count). The van der Waals surface area contributed by atoms with Crippen molar-refractivity contribution in [3.05, 3.63) is 33.9 Å². The van der Waals surface area contributed by atoms with Crippen LogP contribution in [0.2, 0.25) is 0 Å². The average molecular weight is 277 g/mol. The second-order valence-corrected chi connectivity index (χ2v) is 5.19. The number of carbonyl (C=O) groups is 1. The van der Waals surface area contributed by atoms with Crippen molar-refractivity contribution in [2.75, 3.05) is 12.4 Å². The lowest BCUT2D eigenvalue weighted by Gasteiger charge is -2.32. The van der Waals surface area contributed by atoms with E-state index < -0.39 is 4.92 Å². The summed E-state index contributed by atoms with van der Waals surface area (Å²) >= 11 is 0.